The first-order valence-corrected chi connectivity index (χ1v) is 15.5. The molecule has 0 spiro atoms. The summed E-state index contributed by atoms with van der Waals surface area (Å²) in [6.45, 7) is 13.9. The fourth-order valence-corrected chi connectivity index (χ4v) is 5.77. The lowest BCUT2D eigenvalue weighted by atomic mass is 9.92. The molecular weight excluding hydrogens is 530 g/mol. The zero-order chi connectivity index (χ0) is 28.7. The second-order valence-electron chi connectivity index (χ2n) is 11.6. The van der Waals surface area contributed by atoms with Gasteiger partial charge < -0.3 is 14.5 Å². The predicted molar refractivity (Wildman–Crippen MR) is 168 cm³/mol. The summed E-state index contributed by atoms with van der Waals surface area (Å²) in [6, 6.07) is 20.6. The molecule has 8 heteroatoms. The average molecular weight is 572 g/mol. The third kappa shape index (κ3) is 8.18. The minimum absolute atomic E-state index is 0.0723. The number of amides is 1. The lowest BCUT2D eigenvalue weighted by Gasteiger charge is -2.35. The molecule has 216 valence electrons. The normalized spacial score (nSPS) is 16.9. The number of anilines is 1. The Bertz CT molecular complexity index is 1330. The summed E-state index contributed by atoms with van der Waals surface area (Å²) in [5.74, 6) is 1.78. The standard InChI is InChI=1S/C33H41N5O2S/c1-33(2,3)29-24-30(37-17-15-36(16-18-37)14-8-12-26-9-5-4-6-10-26)35-32(34-29)41-25-27-11-7-13-28(23-27)31(39)38-19-21-40-22-20-38/h4-13,23-24H,14-22,25H2,1-3H3/b12-8+. The zero-order valence-corrected chi connectivity index (χ0v) is 25.3. The van der Waals surface area contributed by atoms with Crippen molar-refractivity contribution in [2.45, 2.75) is 37.1 Å². The van der Waals surface area contributed by atoms with Gasteiger partial charge in [0.25, 0.3) is 5.91 Å². The van der Waals surface area contributed by atoms with Gasteiger partial charge in [0.15, 0.2) is 5.16 Å². The van der Waals surface area contributed by atoms with E-state index >= 15 is 0 Å². The van der Waals surface area contributed by atoms with Gasteiger partial charge in [-0.15, -0.1) is 0 Å². The van der Waals surface area contributed by atoms with Crippen LogP contribution in [0.5, 0.6) is 0 Å². The van der Waals surface area contributed by atoms with E-state index in [-0.39, 0.29) is 11.3 Å². The van der Waals surface area contributed by atoms with Crippen LogP contribution in [0, 0.1) is 0 Å². The van der Waals surface area contributed by atoms with Crippen molar-refractivity contribution in [1.82, 2.24) is 19.8 Å². The lowest BCUT2D eigenvalue weighted by Crippen LogP contribution is -2.46. The Balaban J connectivity index is 1.22. The van der Waals surface area contributed by atoms with Crippen LogP contribution in [0.2, 0.25) is 0 Å². The highest BCUT2D eigenvalue weighted by Gasteiger charge is 2.23. The van der Waals surface area contributed by atoms with Crippen LogP contribution in [0.3, 0.4) is 0 Å². The number of benzene rings is 2. The summed E-state index contributed by atoms with van der Waals surface area (Å²) in [4.78, 5) is 29.7. The maximum Gasteiger partial charge on any atom is 0.254 e. The van der Waals surface area contributed by atoms with E-state index < -0.39 is 0 Å². The number of rotatable bonds is 8. The molecular formula is C33H41N5O2S. The fraction of sp³-hybridized carbons (Fsp3) is 0.424. The number of aromatic nitrogens is 2. The number of hydrogen-bond acceptors (Lipinski definition) is 7. The molecule has 0 bridgehead atoms. The highest BCUT2D eigenvalue weighted by Crippen LogP contribution is 2.29. The van der Waals surface area contributed by atoms with Crippen LogP contribution in [0.1, 0.15) is 48.0 Å². The smallest absolute Gasteiger partial charge is 0.254 e. The first-order valence-electron chi connectivity index (χ1n) is 14.5. The number of hydrogen-bond donors (Lipinski definition) is 0. The molecule has 0 radical (unpaired) electrons. The SMILES string of the molecule is CC(C)(C)c1cc(N2CCN(C/C=C/c3ccccc3)CC2)nc(SCc2cccc(C(=O)N3CCOCC3)c2)n1. The predicted octanol–water partition coefficient (Wildman–Crippen LogP) is 5.37. The van der Waals surface area contributed by atoms with E-state index in [1.165, 1.54) is 5.56 Å². The Morgan fingerprint density at radius 3 is 2.41 bits per heavy atom. The van der Waals surface area contributed by atoms with Gasteiger partial charge in [0.2, 0.25) is 0 Å². The Morgan fingerprint density at radius 1 is 0.927 bits per heavy atom. The Kier molecular flexibility index (Phi) is 9.75. The van der Waals surface area contributed by atoms with Crippen LogP contribution in [-0.4, -0.2) is 84.7 Å². The molecule has 41 heavy (non-hydrogen) atoms. The van der Waals surface area contributed by atoms with Crippen LogP contribution in [0.15, 0.2) is 71.9 Å². The second kappa shape index (κ2) is 13.6. The van der Waals surface area contributed by atoms with Crippen molar-refractivity contribution in [2.24, 2.45) is 0 Å². The van der Waals surface area contributed by atoms with Crippen molar-refractivity contribution in [2.75, 3.05) is 63.9 Å². The van der Waals surface area contributed by atoms with Crippen LogP contribution in [0.25, 0.3) is 6.08 Å². The molecule has 3 aromatic rings. The zero-order valence-electron chi connectivity index (χ0n) is 24.5. The molecule has 2 aliphatic heterocycles. The first kappa shape index (κ1) is 29.3. The van der Waals surface area contributed by atoms with E-state index in [2.05, 4.69) is 79.1 Å². The summed E-state index contributed by atoms with van der Waals surface area (Å²) in [5, 5.41) is 0.783. The minimum Gasteiger partial charge on any atom is -0.378 e. The van der Waals surface area contributed by atoms with Crippen molar-refractivity contribution in [3.63, 3.8) is 0 Å². The van der Waals surface area contributed by atoms with Gasteiger partial charge in [-0.2, -0.15) is 0 Å². The molecule has 0 unspecified atom stereocenters. The van der Waals surface area contributed by atoms with Crippen molar-refractivity contribution >= 4 is 29.6 Å². The van der Waals surface area contributed by atoms with E-state index in [9.17, 15) is 4.79 Å². The molecule has 0 aliphatic carbocycles. The minimum atomic E-state index is -0.0818. The molecule has 0 saturated carbocycles. The van der Waals surface area contributed by atoms with Crippen molar-refractivity contribution in [3.05, 3.63) is 89.1 Å². The van der Waals surface area contributed by atoms with Gasteiger partial charge in [-0.25, -0.2) is 9.97 Å². The number of thioether (sulfide) groups is 1. The molecule has 7 nitrogen and oxygen atoms in total. The Morgan fingerprint density at radius 2 is 1.68 bits per heavy atom. The van der Waals surface area contributed by atoms with Gasteiger partial charge in [-0.1, -0.05) is 87.1 Å². The molecule has 0 N–H and O–H groups in total. The van der Waals surface area contributed by atoms with Gasteiger partial charge >= 0.3 is 0 Å². The first-order chi connectivity index (χ1) is 19.8. The summed E-state index contributed by atoms with van der Waals surface area (Å²) >= 11 is 1.63. The van der Waals surface area contributed by atoms with Crippen molar-refractivity contribution in [1.29, 1.82) is 0 Å². The Labute approximate surface area is 248 Å². The molecule has 5 rings (SSSR count). The van der Waals surface area contributed by atoms with Gasteiger partial charge in [0.1, 0.15) is 5.82 Å². The van der Waals surface area contributed by atoms with E-state index in [0.717, 1.165) is 60.5 Å². The highest BCUT2D eigenvalue weighted by atomic mass is 32.2. The van der Waals surface area contributed by atoms with Crippen molar-refractivity contribution in [3.8, 4) is 0 Å². The average Bonchev–Trinajstić information content (AvgIpc) is 3.00. The Hall–Kier alpha value is -3.20. The van der Waals surface area contributed by atoms with Crippen LogP contribution in [0.4, 0.5) is 5.82 Å². The molecule has 3 heterocycles. The number of piperazine rings is 1. The summed E-state index contributed by atoms with van der Waals surface area (Å²) in [5.41, 5.74) is 4.03. The number of carbonyl (C=O) groups is 1. The van der Waals surface area contributed by atoms with E-state index in [4.69, 9.17) is 14.7 Å². The second-order valence-corrected chi connectivity index (χ2v) is 12.6. The molecule has 2 saturated heterocycles. The largest absolute Gasteiger partial charge is 0.378 e. The van der Waals surface area contributed by atoms with Crippen LogP contribution < -0.4 is 4.90 Å². The van der Waals surface area contributed by atoms with E-state index in [1.54, 1.807) is 11.8 Å². The van der Waals surface area contributed by atoms with Gasteiger partial charge in [-0.3, -0.25) is 9.69 Å². The van der Waals surface area contributed by atoms with Gasteiger partial charge in [0, 0.05) is 68.6 Å². The number of carbonyl (C=O) groups excluding carboxylic acids is 1. The number of nitrogens with zero attached hydrogens (tertiary/aromatic N) is 5. The van der Waals surface area contributed by atoms with Gasteiger partial charge in [-0.05, 0) is 23.3 Å². The molecule has 2 aromatic carbocycles. The van der Waals surface area contributed by atoms with E-state index in [1.807, 2.05) is 29.2 Å². The maximum absolute atomic E-state index is 13.0. The van der Waals surface area contributed by atoms with Gasteiger partial charge in [0.05, 0.1) is 18.9 Å². The topological polar surface area (TPSA) is 61.8 Å². The number of morpholine rings is 1. The third-order valence-corrected chi connectivity index (χ3v) is 8.39. The number of ether oxygens (including phenoxy) is 1. The molecule has 2 aliphatic rings. The molecule has 1 amide bonds. The summed E-state index contributed by atoms with van der Waals surface area (Å²) in [6.07, 6.45) is 4.45. The van der Waals surface area contributed by atoms with E-state index in [0.29, 0.717) is 32.1 Å². The van der Waals surface area contributed by atoms with Crippen LogP contribution >= 0.6 is 11.8 Å². The summed E-state index contributed by atoms with van der Waals surface area (Å²) in [7, 11) is 0. The maximum atomic E-state index is 13.0. The quantitative estimate of drug-likeness (QED) is 0.266. The molecule has 0 atom stereocenters. The fourth-order valence-electron chi connectivity index (χ4n) is 4.98. The van der Waals surface area contributed by atoms with Crippen LogP contribution in [-0.2, 0) is 15.9 Å². The third-order valence-electron chi connectivity index (χ3n) is 7.47. The summed E-state index contributed by atoms with van der Waals surface area (Å²) < 4.78 is 5.40. The molecule has 1 aromatic heterocycles. The monoisotopic (exact) mass is 571 g/mol. The lowest BCUT2D eigenvalue weighted by molar-refractivity contribution is 0.0303. The highest BCUT2D eigenvalue weighted by molar-refractivity contribution is 7.98. The van der Waals surface area contributed by atoms with Crippen molar-refractivity contribution < 1.29 is 9.53 Å². The molecule has 2 fully saturated rings.